The lowest BCUT2D eigenvalue weighted by atomic mass is 9.97. The van der Waals surface area contributed by atoms with Gasteiger partial charge in [0.25, 0.3) is 11.8 Å². The highest BCUT2D eigenvalue weighted by atomic mass is 19.1. The van der Waals surface area contributed by atoms with Crippen molar-refractivity contribution in [3.8, 4) is 11.5 Å². The molecule has 2 aliphatic rings. The Hall–Kier alpha value is -4.28. The maximum absolute atomic E-state index is 14.7. The summed E-state index contributed by atoms with van der Waals surface area (Å²) in [6.07, 6.45) is 0.439. The van der Waals surface area contributed by atoms with Crippen molar-refractivity contribution >= 4 is 17.5 Å². The number of para-hydroxylation sites is 1. The van der Waals surface area contributed by atoms with Gasteiger partial charge in [-0.1, -0.05) is 42.5 Å². The molecule has 9 nitrogen and oxygen atoms in total. The van der Waals surface area contributed by atoms with Gasteiger partial charge < -0.3 is 19.1 Å². The van der Waals surface area contributed by atoms with E-state index in [-0.39, 0.29) is 24.6 Å². The Morgan fingerprint density at radius 3 is 2.52 bits per heavy atom. The lowest BCUT2D eigenvalue weighted by Gasteiger charge is -2.31. The molecule has 5 rings (SSSR count). The summed E-state index contributed by atoms with van der Waals surface area (Å²) in [7, 11) is 3.19. The number of amides is 2. The number of benzene rings is 3. The van der Waals surface area contributed by atoms with Crippen molar-refractivity contribution < 1.29 is 28.2 Å². The lowest BCUT2D eigenvalue weighted by molar-refractivity contribution is -0.133. The molecule has 42 heavy (non-hydrogen) atoms. The van der Waals surface area contributed by atoms with Crippen LogP contribution in [0.25, 0.3) is 0 Å². The third-order valence-corrected chi connectivity index (χ3v) is 7.57. The SMILES string of the molecule is COc1cccc(C2=NN(C(=O)CN(CCN3CCOCC3)C(=O)c3ccccc3F)[C@H](c3ccccc3OC)C2)c1. The van der Waals surface area contributed by atoms with Gasteiger partial charge in [-0.15, -0.1) is 0 Å². The van der Waals surface area contributed by atoms with Crippen LogP contribution in [0.4, 0.5) is 4.39 Å². The van der Waals surface area contributed by atoms with Crippen molar-refractivity contribution in [2.75, 3.05) is 60.2 Å². The van der Waals surface area contributed by atoms with Gasteiger partial charge in [-0.3, -0.25) is 14.5 Å². The number of morpholine rings is 1. The summed E-state index contributed by atoms with van der Waals surface area (Å²) in [6.45, 7) is 3.19. The molecule has 220 valence electrons. The van der Waals surface area contributed by atoms with E-state index < -0.39 is 17.8 Å². The van der Waals surface area contributed by atoms with Crippen LogP contribution in [-0.2, 0) is 9.53 Å². The number of methoxy groups -OCH3 is 2. The Bertz CT molecular complexity index is 1440. The molecule has 0 unspecified atom stereocenters. The van der Waals surface area contributed by atoms with Crippen LogP contribution >= 0.6 is 0 Å². The van der Waals surface area contributed by atoms with Crippen molar-refractivity contribution in [3.05, 3.63) is 95.3 Å². The molecule has 1 atom stereocenters. The molecule has 0 saturated carbocycles. The summed E-state index contributed by atoms with van der Waals surface area (Å²) >= 11 is 0. The van der Waals surface area contributed by atoms with Crippen molar-refractivity contribution in [3.63, 3.8) is 0 Å². The minimum absolute atomic E-state index is 0.0736. The third-order valence-electron chi connectivity index (χ3n) is 7.57. The minimum atomic E-state index is -0.627. The summed E-state index contributed by atoms with van der Waals surface area (Å²) in [4.78, 5) is 31.2. The number of halogens is 1. The average Bonchev–Trinajstić information content (AvgIpc) is 3.49. The largest absolute Gasteiger partial charge is 0.497 e. The zero-order valence-corrected chi connectivity index (χ0v) is 23.9. The molecule has 3 aromatic carbocycles. The number of hydrogen-bond acceptors (Lipinski definition) is 7. The first kappa shape index (κ1) is 29.2. The molecule has 10 heteroatoms. The molecule has 2 aliphatic heterocycles. The van der Waals surface area contributed by atoms with Crippen molar-refractivity contribution in [1.82, 2.24) is 14.8 Å². The van der Waals surface area contributed by atoms with Crippen molar-refractivity contribution in [1.29, 1.82) is 0 Å². The predicted octanol–water partition coefficient (Wildman–Crippen LogP) is 4.00. The summed E-state index contributed by atoms with van der Waals surface area (Å²) in [5, 5.41) is 6.20. The fourth-order valence-corrected chi connectivity index (χ4v) is 5.28. The first-order valence-corrected chi connectivity index (χ1v) is 14.0. The smallest absolute Gasteiger partial charge is 0.262 e. The molecule has 1 fully saturated rings. The molecule has 0 aliphatic carbocycles. The number of ether oxygens (including phenoxy) is 3. The number of hydrazone groups is 1. The van der Waals surface area contributed by atoms with Gasteiger partial charge in [0.1, 0.15) is 23.9 Å². The topological polar surface area (TPSA) is 83.9 Å². The van der Waals surface area contributed by atoms with E-state index in [9.17, 15) is 14.0 Å². The molecule has 2 heterocycles. The zero-order valence-electron chi connectivity index (χ0n) is 23.9. The maximum Gasteiger partial charge on any atom is 0.262 e. The number of carbonyl (C=O) groups excluding carboxylic acids is 2. The number of nitrogens with zero attached hydrogens (tertiary/aromatic N) is 4. The summed E-state index contributed by atoms with van der Waals surface area (Å²) in [5.41, 5.74) is 2.26. The molecule has 0 aromatic heterocycles. The Balaban J connectivity index is 1.45. The van der Waals surface area contributed by atoms with Crippen LogP contribution < -0.4 is 9.47 Å². The average molecular weight is 575 g/mol. The highest BCUT2D eigenvalue weighted by molar-refractivity contribution is 6.04. The zero-order chi connectivity index (χ0) is 29.5. The third kappa shape index (κ3) is 6.61. The van der Waals surface area contributed by atoms with Crippen LogP contribution in [0.1, 0.15) is 33.9 Å². The molecule has 2 amide bonds. The fraction of sp³-hybridized carbons (Fsp3) is 0.344. The Labute approximate surface area is 245 Å². The Morgan fingerprint density at radius 2 is 1.76 bits per heavy atom. The van der Waals surface area contributed by atoms with Gasteiger partial charge >= 0.3 is 0 Å². The minimum Gasteiger partial charge on any atom is -0.497 e. The van der Waals surface area contributed by atoms with Crippen LogP contribution in [0.15, 0.2) is 77.9 Å². The van der Waals surface area contributed by atoms with E-state index in [1.165, 1.54) is 28.1 Å². The molecule has 0 radical (unpaired) electrons. The summed E-state index contributed by atoms with van der Waals surface area (Å²) in [6, 6.07) is 20.4. The van der Waals surface area contributed by atoms with Crippen LogP contribution in [0.5, 0.6) is 11.5 Å². The highest BCUT2D eigenvalue weighted by Gasteiger charge is 2.36. The molecular weight excluding hydrogens is 539 g/mol. The summed E-state index contributed by atoms with van der Waals surface area (Å²) in [5.74, 6) is -0.236. The van der Waals surface area contributed by atoms with Gasteiger partial charge in [-0.05, 0) is 30.3 Å². The second kappa shape index (κ2) is 13.6. The van der Waals surface area contributed by atoms with Gasteiger partial charge in [0.2, 0.25) is 0 Å². The monoisotopic (exact) mass is 574 g/mol. The lowest BCUT2D eigenvalue weighted by Crippen LogP contribution is -2.46. The van der Waals surface area contributed by atoms with Crippen LogP contribution in [-0.4, -0.2) is 92.5 Å². The number of rotatable bonds is 10. The normalized spacial score (nSPS) is 17.1. The van der Waals surface area contributed by atoms with Gasteiger partial charge in [0.15, 0.2) is 0 Å². The highest BCUT2D eigenvalue weighted by Crippen LogP contribution is 2.38. The number of hydrogen-bond donors (Lipinski definition) is 0. The van der Waals surface area contributed by atoms with E-state index in [2.05, 4.69) is 4.90 Å². The van der Waals surface area contributed by atoms with E-state index >= 15 is 0 Å². The molecule has 0 bridgehead atoms. The van der Waals surface area contributed by atoms with Crippen molar-refractivity contribution in [2.45, 2.75) is 12.5 Å². The van der Waals surface area contributed by atoms with E-state index in [1.54, 1.807) is 20.3 Å². The fourth-order valence-electron chi connectivity index (χ4n) is 5.28. The second-order valence-electron chi connectivity index (χ2n) is 10.1. The van der Waals surface area contributed by atoms with Crippen molar-refractivity contribution in [2.24, 2.45) is 5.10 Å². The first-order chi connectivity index (χ1) is 20.5. The molecular formula is C32H35FN4O5. The van der Waals surface area contributed by atoms with Gasteiger partial charge in [0.05, 0.1) is 44.8 Å². The van der Waals surface area contributed by atoms with E-state index in [4.69, 9.17) is 19.3 Å². The van der Waals surface area contributed by atoms with Gasteiger partial charge in [-0.25, -0.2) is 9.40 Å². The molecule has 0 spiro atoms. The van der Waals surface area contributed by atoms with Gasteiger partial charge in [-0.2, -0.15) is 5.10 Å². The van der Waals surface area contributed by atoms with E-state index in [1.807, 2.05) is 48.5 Å². The van der Waals surface area contributed by atoms with E-state index in [0.717, 1.165) is 24.2 Å². The standard InChI is InChI=1S/C32H35FN4O5/c1-40-24-9-7-8-23(20-24)28-21-29(26-11-4-6-13-30(26)41-2)37(34-28)31(38)22-36(15-14-35-16-18-42-19-17-35)32(39)25-10-3-5-12-27(25)33/h3-13,20,29H,14-19,21-22H2,1-2H3/t29-/m0/s1. The van der Waals surface area contributed by atoms with Crippen LogP contribution in [0.3, 0.4) is 0 Å². The van der Waals surface area contributed by atoms with Crippen LogP contribution in [0, 0.1) is 5.82 Å². The number of carbonyl (C=O) groups is 2. The Morgan fingerprint density at radius 1 is 1.00 bits per heavy atom. The second-order valence-corrected chi connectivity index (χ2v) is 10.1. The summed E-state index contributed by atoms with van der Waals surface area (Å²) < 4.78 is 31.2. The molecule has 3 aromatic rings. The first-order valence-electron chi connectivity index (χ1n) is 14.0. The molecule has 1 saturated heterocycles. The molecule has 0 N–H and O–H groups in total. The maximum atomic E-state index is 14.7. The van der Waals surface area contributed by atoms with E-state index in [0.29, 0.717) is 43.4 Å². The Kier molecular flexibility index (Phi) is 9.45. The predicted molar refractivity (Wildman–Crippen MR) is 156 cm³/mol. The van der Waals surface area contributed by atoms with Gasteiger partial charge in [0, 0.05) is 43.7 Å². The van der Waals surface area contributed by atoms with Crippen LogP contribution in [0.2, 0.25) is 0 Å². The quantitative estimate of drug-likeness (QED) is 0.364.